The molecule has 20 heavy (non-hydrogen) atoms. The fourth-order valence-corrected chi connectivity index (χ4v) is 2.10. The third-order valence-corrected chi connectivity index (χ3v) is 3.07. The lowest BCUT2D eigenvalue weighted by Crippen LogP contribution is -2.25. The molecule has 2 rings (SSSR count). The summed E-state index contributed by atoms with van der Waals surface area (Å²) in [7, 11) is 2.47. The smallest absolute Gasteiger partial charge is 0.354 e. The maximum Gasteiger partial charge on any atom is 0.354 e. The Morgan fingerprint density at radius 2 is 1.95 bits per heavy atom. The van der Waals surface area contributed by atoms with Crippen molar-refractivity contribution in [3.8, 4) is 0 Å². The standard InChI is InChI=1S/C14H15NO5/c1-19-13(17)11(16)7-9-8-5-3-4-6-10(8)15-12(9)14(18)20-2/h3-6,11,15-16H,7H2,1-2H3. The van der Waals surface area contributed by atoms with Crippen molar-refractivity contribution in [3.63, 3.8) is 0 Å². The van der Waals surface area contributed by atoms with Crippen LogP contribution in [-0.2, 0) is 20.7 Å². The van der Waals surface area contributed by atoms with Crippen molar-refractivity contribution in [2.24, 2.45) is 0 Å². The van der Waals surface area contributed by atoms with E-state index in [1.807, 2.05) is 12.1 Å². The third kappa shape index (κ3) is 2.50. The number of carbonyl (C=O) groups is 2. The SMILES string of the molecule is COC(=O)c1[nH]c2ccccc2c1CC(O)C(=O)OC. The van der Waals surface area contributed by atoms with Crippen LogP contribution in [-0.4, -0.2) is 42.4 Å². The highest BCUT2D eigenvalue weighted by atomic mass is 16.5. The molecule has 0 fully saturated rings. The van der Waals surface area contributed by atoms with Crippen LogP contribution in [0.3, 0.4) is 0 Å². The third-order valence-electron chi connectivity index (χ3n) is 3.07. The van der Waals surface area contributed by atoms with E-state index >= 15 is 0 Å². The number of esters is 2. The van der Waals surface area contributed by atoms with Crippen molar-refractivity contribution in [3.05, 3.63) is 35.5 Å². The number of H-pyrrole nitrogens is 1. The fourth-order valence-electron chi connectivity index (χ4n) is 2.10. The molecule has 0 saturated carbocycles. The zero-order chi connectivity index (χ0) is 14.7. The normalized spacial score (nSPS) is 12.2. The molecule has 2 N–H and O–H groups in total. The summed E-state index contributed by atoms with van der Waals surface area (Å²) in [6.45, 7) is 0. The molecule has 0 aliphatic rings. The zero-order valence-corrected chi connectivity index (χ0v) is 11.2. The molecule has 1 unspecified atom stereocenters. The predicted octanol–water partition coefficient (Wildman–Crippen LogP) is 1.03. The zero-order valence-electron chi connectivity index (χ0n) is 11.2. The molecule has 0 bridgehead atoms. The van der Waals surface area contributed by atoms with E-state index in [1.54, 1.807) is 12.1 Å². The van der Waals surface area contributed by atoms with E-state index < -0.39 is 18.0 Å². The number of carbonyl (C=O) groups excluding carboxylic acids is 2. The Morgan fingerprint density at radius 3 is 2.60 bits per heavy atom. The van der Waals surface area contributed by atoms with E-state index in [0.29, 0.717) is 5.56 Å². The summed E-state index contributed by atoms with van der Waals surface area (Å²) >= 11 is 0. The van der Waals surface area contributed by atoms with E-state index in [-0.39, 0.29) is 12.1 Å². The second-order valence-electron chi connectivity index (χ2n) is 4.26. The van der Waals surface area contributed by atoms with Gasteiger partial charge < -0.3 is 19.6 Å². The lowest BCUT2D eigenvalue weighted by Gasteiger charge is -2.09. The Hall–Kier alpha value is -2.34. The molecule has 0 aliphatic heterocycles. The van der Waals surface area contributed by atoms with Gasteiger partial charge in [-0.3, -0.25) is 0 Å². The Bertz CT molecular complexity index is 646. The molecule has 1 aromatic carbocycles. The lowest BCUT2D eigenvalue weighted by atomic mass is 10.0. The van der Waals surface area contributed by atoms with Gasteiger partial charge in [-0.1, -0.05) is 18.2 Å². The molecule has 6 nitrogen and oxygen atoms in total. The van der Waals surface area contributed by atoms with Crippen LogP contribution in [0, 0.1) is 0 Å². The summed E-state index contributed by atoms with van der Waals surface area (Å²) in [6, 6.07) is 7.24. The molecule has 1 atom stereocenters. The molecule has 1 aromatic heterocycles. The van der Waals surface area contributed by atoms with E-state index in [4.69, 9.17) is 4.74 Å². The summed E-state index contributed by atoms with van der Waals surface area (Å²) in [5, 5.41) is 10.5. The number of nitrogens with one attached hydrogen (secondary N) is 1. The first kappa shape index (κ1) is 14.1. The van der Waals surface area contributed by atoms with Gasteiger partial charge in [-0.05, 0) is 11.6 Å². The van der Waals surface area contributed by atoms with Crippen molar-refractivity contribution < 1.29 is 24.2 Å². The van der Waals surface area contributed by atoms with Crippen molar-refractivity contribution >= 4 is 22.8 Å². The van der Waals surface area contributed by atoms with Crippen molar-refractivity contribution in [2.45, 2.75) is 12.5 Å². The van der Waals surface area contributed by atoms with Gasteiger partial charge >= 0.3 is 11.9 Å². The average molecular weight is 277 g/mol. The quantitative estimate of drug-likeness (QED) is 0.815. The number of aliphatic hydroxyl groups excluding tert-OH is 1. The molecular formula is C14H15NO5. The van der Waals surface area contributed by atoms with Crippen LogP contribution in [0.5, 0.6) is 0 Å². The van der Waals surface area contributed by atoms with Crippen molar-refractivity contribution in [2.75, 3.05) is 14.2 Å². The summed E-state index contributed by atoms with van der Waals surface area (Å²) in [5.41, 5.74) is 1.50. The van der Waals surface area contributed by atoms with E-state index in [0.717, 1.165) is 10.9 Å². The predicted molar refractivity (Wildman–Crippen MR) is 71.4 cm³/mol. The van der Waals surface area contributed by atoms with Crippen LogP contribution in [0.15, 0.2) is 24.3 Å². The molecule has 6 heteroatoms. The maximum atomic E-state index is 11.8. The minimum Gasteiger partial charge on any atom is -0.467 e. The Morgan fingerprint density at radius 1 is 1.25 bits per heavy atom. The van der Waals surface area contributed by atoms with Crippen LogP contribution in [0.2, 0.25) is 0 Å². The maximum absolute atomic E-state index is 11.8. The highest BCUT2D eigenvalue weighted by Gasteiger charge is 2.24. The van der Waals surface area contributed by atoms with Crippen molar-refractivity contribution in [1.29, 1.82) is 0 Å². The van der Waals surface area contributed by atoms with Crippen LogP contribution in [0.25, 0.3) is 10.9 Å². The van der Waals surface area contributed by atoms with Crippen LogP contribution >= 0.6 is 0 Å². The van der Waals surface area contributed by atoms with Gasteiger partial charge in [-0.15, -0.1) is 0 Å². The second kappa shape index (κ2) is 5.75. The molecule has 0 aliphatic carbocycles. The van der Waals surface area contributed by atoms with Gasteiger partial charge in [-0.25, -0.2) is 9.59 Å². The Labute approximate surface area is 115 Å². The number of fused-ring (bicyclic) bond motifs is 1. The molecule has 0 amide bonds. The molecule has 1 heterocycles. The highest BCUT2D eigenvalue weighted by molar-refractivity contribution is 5.98. The van der Waals surface area contributed by atoms with Gasteiger partial charge in [0.1, 0.15) is 5.69 Å². The minimum atomic E-state index is -1.33. The van der Waals surface area contributed by atoms with Gasteiger partial charge in [0.2, 0.25) is 0 Å². The number of methoxy groups -OCH3 is 2. The molecule has 0 radical (unpaired) electrons. The lowest BCUT2D eigenvalue weighted by molar-refractivity contribution is -0.150. The van der Waals surface area contributed by atoms with Crippen LogP contribution in [0.1, 0.15) is 16.1 Å². The molecule has 106 valence electrons. The van der Waals surface area contributed by atoms with E-state index in [9.17, 15) is 14.7 Å². The highest BCUT2D eigenvalue weighted by Crippen LogP contribution is 2.24. The average Bonchev–Trinajstić information content (AvgIpc) is 2.84. The topological polar surface area (TPSA) is 88.6 Å². The van der Waals surface area contributed by atoms with Crippen LogP contribution < -0.4 is 0 Å². The molecule has 0 saturated heterocycles. The van der Waals surface area contributed by atoms with Gasteiger partial charge in [0.15, 0.2) is 6.10 Å². The summed E-state index contributed by atoms with van der Waals surface area (Å²) < 4.78 is 9.19. The number of benzene rings is 1. The number of hydrogen-bond donors (Lipinski definition) is 2. The number of aromatic nitrogens is 1. The number of aliphatic hydroxyl groups is 1. The number of para-hydroxylation sites is 1. The number of aromatic amines is 1. The number of ether oxygens (including phenoxy) is 2. The minimum absolute atomic E-state index is 0.0267. The van der Waals surface area contributed by atoms with E-state index in [1.165, 1.54) is 14.2 Å². The summed E-state index contributed by atoms with van der Waals surface area (Å²) in [4.78, 5) is 26.0. The summed E-state index contributed by atoms with van der Waals surface area (Å²) in [6.07, 6.45) is -1.36. The second-order valence-corrected chi connectivity index (χ2v) is 4.26. The first-order chi connectivity index (χ1) is 9.58. The monoisotopic (exact) mass is 277 g/mol. The first-order valence-electron chi connectivity index (χ1n) is 6.02. The number of rotatable bonds is 4. The van der Waals surface area contributed by atoms with E-state index in [2.05, 4.69) is 9.72 Å². The number of hydrogen-bond acceptors (Lipinski definition) is 5. The summed E-state index contributed by atoms with van der Waals surface area (Å²) in [5.74, 6) is -1.29. The van der Waals surface area contributed by atoms with Crippen LogP contribution in [0.4, 0.5) is 0 Å². The molecule has 2 aromatic rings. The van der Waals surface area contributed by atoms with Crippen molar-refractivity contribution in [1.82, 2.24) is 4.98 Å². The molecular weight excluding hydrogens is 262 g/mol. The Kier molecular flexibility index (Phi) is 4.05. The van der Waals surface area contributed by atoms with Gasteiger partial charge in [-0.2, -0.15) is 0 Å². The van der Waals surface area contributed by atoms with Gasteiger partial charge in [0.25, 0.3) is 0 Å². The fraction of sp³-hybridized carbons (Fsp3) is 0.286. The first-order valence-corrected chi connectivity index (χ1v) is 6.02. The van der Waals surface area contributed by atoms with Gasteiger partial charge in [0.05, 0.1) is 14.2 Å². The Balaban J connectivity index is 2.48. The largest absolute Gasteiger partial charge is 0.467 e. The van der Waals surface area contributed by atoms with Gasteiger partial charge in [0, 0.05) is 17.3 Å². The molecule has 0 spiro atoms.